The Bertz CT molecular complexity index is 1310. The molecular weight excluding hydrogens is 492 g/mol. The smallest absolute Gasteiger partial charge is 0.127 e. The van der Waals surface area contributed by atoms with Crippen LogP contribution in [0.1, 0.15) is 61.1 Å². The van der Waals surface area contributed by atoms with E-state index < -0.39 is 0 Å². The maximum Gasteiger partial charge on any atom is 0.127 e. The van der Waals surface area contributed by atoms with Crippen LogP contribution in [0.2, 0.25) is 0 Å². The third-order valence-electron chi connectivity index (χ3n) is 9.14. The molecule has 0 aliphatic carbocycles. The van der Waals surface area contributed by atoms with E-state index in [1.807, 2.05) is 12.1 Å². The Labute approximate surface area is 239 Å². The number of nitrogens with one attached hydrogen (secondary N) is 2. The van der Waals surface area contributed by atoms with Crippen molar-refractivity contribution in [1.82, 2.24) is 0 Å². The van der Waals surface area contributed by atoms with Gasteiger partial charge in [0, 0.05) is 22.0 Å². The molecule has 0 amide bonds. The van der Waals surface area contributed by atoms with Gasteiger partial charge >= 0.3 is 0 Å². The van der Waals surface area contributed by atoms with Crippen LogP contribution in [0.3, 0.4) is 0 Å². The quantitative estimate of drug-likeness (QED) is 0.272. The zero-order valence-electron chi connectivity index (χ0n) is 24.4. The largest absolute Gasteiger partial charge is 0.507 e. The summed E-state index contributed by atoms with van der Waals surface area (Å²) < 4.78 is 0. The van der Waals surface area contributed by atoms with Gasteiger partial charge in [-0.25, -0.2) is 0 Å². The van der Waals surface area contributed by atoms with Gasteiger partial charge in [-0.1, -0.05) is 100 Å². The molecule has 1 saturated heterocycles. The molecule has 1 fully saturated rings. The lowest BCUT2D eigenvalue weighted by molar-refractivity contribution is -1.02. The summed E-state index contributed by atoms with van der Waals surface area (Å²) in [5.41, 5.74) is 6.78. The van der Waals surface area contributed by atoms with E-state index in [4.69, 9.17) is 0 Å². The maximum atomic E-state index is 10.7. The summed E-state index contributed by atoms with van der Waals surface area (Å²) in [6, 6.07) is 33.4. The van der Waals surface area contributed by atoms with Crippen LogP contribution in [0, 0.1) is 0 Å². The highest BCUT2D eigenvalue weighted by Gasteiger charge is 2.29. The topological polar surface area (TPSA) is 49.3 Å². The predicted molar refractivity (Wildman–Crippen MR) is 162 cm³/mol. The zero-order chi connectivity index (χ0) is 28.3. The van der Waals surface area contributed by atoms with Crippen LogP contribution in [0.5, 0.6) is 11.5 Å². The first kappa shape index (κ1) is 27.9. The van der Waals surface area contributed by atoms with Gasteiger partial charge in [0.2, 0.25) is 0 Å². The van der Waals surface area contributed by atoms with E-state index in [0.717, 1.165) is 50.4 Å². The highest BCUT2D eigenvalue weighted by atomic mass is 16.3. The van der Waals surface area contributed by atoms with Gasteiger partial charge in [0.05, 0.1) is 0 Å². The van der Waals surface area contributed by atoms with Crippen LogP contribution in [0.4, 0.5) is 0 Å². The highest BCUT2D eigenvalue weighted by molar-refractivity contribution is 5.45. The molecule has 4 aromatic carbocycles. The normalized spacial score (nSPS) is 18.0. The van der Waals surface area contributed by atoms with Crippen LogP contribution < -0.4 is 9.80 Å². The number of hydrogen-bond donors (Lipinski definition) is 4. The lowest BCUT2D eigenvalue weighted by Gasteiger charge is -2.31. The molecule has 0 bridgehead atoms. The lowest BCUT2D eigenvalue weighted by atomic mass is 9.77. The Morgan fingerprint density at radius 2 is 0.850 bits per heavy atom. The maximum absolute atomic E-state index is 10.7. The van der Waals surface area contributed by atoms with Gasteiger partial charge in [-0.15, -0.1) is 0 Å². The molecule has 0 radical (unpaired) electrons. The number of rotatable bonds is 8. The van der Waals surface area contributed by atoms with Gasteiger partial charge in [-0.3, -0.25) is 0 Å². The first-order chi connectivity index (χ1) is 19.1. The van der Waals surface area contributed by atoms with Crippen molar-refractivity contribution in [3.8, 4) is 11.5 Å². The molecule has 0 atom stereocenters. The summed E-state index contributed by atoms with van der Waals surface area (Å²) in [5, 5.41) is 21.4. The molecule has 0 aromatic heterocycles. The summed E-state index contributed by atoms with van der Waals surface area (Å²) in [6.45, 7) is 14.8. The van der Waals surface area contributed by atoms with Crippen LogP contribution in [0.25, 0.3) is 0 Å². The van der Waals surface area contributed by atoms with Crippen LogP contribution in [-0.4, -0.2) is 36.4 Å². The Balaban J connectivity index is 1.23. The minimum atomic E-state index is -0.131. The number of phenols is 2. The van der Waals surface area contributed by atoms with Crippen molar-refractivity contribution >= 4 is 0 Å². The minimum Gasteiger partial charge on any atom is -0.507 e. The summed E-state index contributed by atoms with van der Waals surface area (Å²) in [4.78, 5) is 2.99. The zero-order valence-corrected chi connectivity index (χ0v) is 24.4. The number of piperazine rings is 1. The van der Waals surface area contributed by atoms with Gasteiger partial charge in [0.15, 0.2) is 0 Å². The van der Waals surface area contributed by atoms with Crippen molar-refractivity contribution < 1.29 is 20.0 Å². The van der Waals surface area contributed by atoms with Gasteiger partial charge in [0.25, 0.3) is 0 Å². The van der Waals surface area contributed by atoms with E-state index in [1.165, 1.54) is 32.1 Å². The molecule has 0 saturated carbocycles. The van der Waals surface area contributed by atoms with Crippen molar-refractivity contribution in [1.29, 1.82) is 0 Å². The van der Waals surface area contributed by atoms with Gasteiger partial charge < -0.3 is 20.0 Å². The average Bonchev–Trinajstić information content (AvgIpc) is 2.97. The summed E-state index contributed by atoms with van der Waals surface area (Å²) in [5.74, 6) is 0.773. The molecular formula is C36H44N2O2+2. The average molecular weight is 537 g/mol. The minimum absolute atomic E-state index is 0.131. The summed E-state index contributed by atoms with van der Waals surface area (Å²) in [7, 11) is 0. The molecule has 208 valence electrons. The Kier molecular flexibility index (Phi) is 8.02. The second kappa shape index (κ2) is 11.5. The third-order valence-corrected chi connectivity index (χ3v) is 9.14. The van der Waals surface area contributed by atoms with Gasteiger partial charge in [-0.05, 0) is 46.5 Å². The van der Waals surface area contributed by atoms with Crippen molar-refractivity contribution in [3.05, 3.63) is 130 Å². The Hall–Kier alpha value is -3.60. The van der Waals surface area contributed by atoms with Gasteiger partial charge in [0.1, 0.15) is 50.8 Å². The first-order valence-electron chi connectivity index (χ1n) is 14.6. The number of hydrogen-bond acceptors (Lipinski definition) is 2. The molecule has 4 heteroatoms. The number of aromatic hydroxyl groups is 2. The van der Waals surface area contributed by atoms with Crippen molar-refractivity contribution in [2.24, 2.45) is 0 Å². The molecule has 4 nitrogen and oxygen atoms in total. The fraction of sp³-hybridized carbons (Fsp3) is 0.333. The molecule has 1 aliphatic rings. The van der Waals surface area contributed by atoms with E-state index in [2.05, 4.69) is 113 Å². The summed E-state index contributed by atoms with van der Waals surface area (Å²) in [6.07, 6.45) is 0. The molecule has 1 aliphatic heterocycles. The molecule has 4 aromatic rings. The van der Waals surface area contributed by atoms with Gasteiger partial charge in [-0.2, -0.15) is 0 Å². The second-order valence-electron chi connectivity index (χ2n) is 12.5. The van der Waals surface area contributed by atoms with E-state index in [9.17, 15) is 10.2 Å². The van der Waals surface area contributed by atoms with Crippen LogP contribution >= 0.6 is 0 Å². The number of quaternary nitrogens is 2. The number of phenolic OH excluding ortho intramolecular Hbond substituents is 2. The SMILES string of the molecule is CC(C)(c1ccccc1)c1ccc(O)c(C[NH+]2CC[NH+](Cc3cc(C(C)(C)c4ccccc4)ccc3O)CC2)c1. The molecule has 40 heavy (non-hydrogen) atoms. The van der Waals surface area contributed by atoms with Crippen molar-refractivity contribution in [2.75, 3.05) is 26.2 Å². The van der Waals surface area contributed by atoms with Crippen molar-refractivity contribution in [2.45, 2.75) is 51.6 Å². The monoisotopic (exact) mass is 536 g/mol. The second-order valence-corrected chi connectivity index (χ2v) is 12.5. The molecule has 0 spiro atoms. The molecule has 1 heterocycles. The first-order valence-corrected chi connectivity index (χ1v) is 14.6. The molecule has 4 N–H and O–H groups in total. The lowest BCUT2D eigenvalue weighted by Crippen LogP contribution is -3.27. The van der Waals surface area contributed by atoms with Crippen molar-refractivity contribution in [3.63, 3.8) is 0 Å². The van der Waals surface area contributed by atoms with E-state index in [-0.39, 0.29) is 10.8 Å². The fourth-order valence-corrected chi connectivity index (χ4v) is 6.12. The third kappa shape index (κ3) is 5.94. The Morgan fingerprint density at radius 1 is 0.500 bits per heavy atom. The highest BCUT2D eigenvalue weighted by Crippen LogP contribution is 2.34. The van der Waals surface area contributed by atoms with E-state index in [1.54, 1.807) is 0 Å². The molecule has 0 unspecified atom stereocenters. The standard InChI is InChI=1S/C36H42N2O2/c1-35(2,29-11-7-5-8-12-29)31-15-17-33(39)27(23-31)25-37-19-21-38(22-20-37)26-28-24-32(16-18-34(28)40)36(3,4)30-13-9-6-10-14-30/h5-18,23-24,39-40H,19-22,25-26H2,1-4H3/p+2. The van der Waals surface area contributed by atoms with E-state index in [0.29, 0.717) is 11.5 Å². The Morgan fingerprint density at radius 3 is 1.20 bits per heavy atom. The fourth-order valence-electron chi connectivity index (χ4n) is 6.12. The van der Waals surface area contributed by atoms with Crippen LogP contribution in [0.15, 0.2) is 97.1 Å². The predicted octanol–water partition coefficient (Wildman–Crippen LogP) is 4.23. The van der Waals surface area contributed by atoms with E-state index >= 15 is 0 Å². The molecule has 5 rings (SSSR count). The number of benzene rings is 4. The summed E-state index contributed by atoms with van der Waals surface area (Å²) >= 11 is 0. The van der Waals surface area contributed by atoms with Crippen LogP contribution in [-0.2, 0) is 23.9 Å².